The molecule has 0 amide bonds. The molecule has 1 aliphatic carbocycles. The molecule has 3 rings (SSSR count). The summed E-state index contributed by atoms with van der Waals surface area (Å²) in [6.45, 7) is 3.15. The predicted molar refractivity (Wildman–Crippen MR) is 91.7 cm³/mol. The Morgan fingerprint density at radius 3 is 2.67 bits per heavy atom. The summed E-state index contributed by atoms with van der Waals surface area (Å²) in [4.78, 5) is 11.6. The van der Waals surface area contributed by atoms with Crippen molar-refractivity contribution in [3.8, 4) is 0 Å². The molecule has 0 bridgehead atoms. The number of aryl methyl sites for hydroxylation is 1. The standard InChI is InChI=1S/C17H21N3O3S/c1-12-17(11-20(18-12)16-8-3-4-9-16)24(22,23)19-15-7-5-6-14(10-15)13(2)21/h5-7,10-11,16,19H,3-4,8-9H2,1-2H3. The molecule has 7 heteroatoms. The second-order valence-electron chi connectivity index (χ2n) is 6.24. The fourth-order valence-corrected chi connectivity index (χ4v) is 4.32. The Bertz CT molecular complexity index is 865. The van der Waals surface area contributed by atoms with Gasteiger partial charge in [-0.3, -0.25) is 14.2 Å². The summed E-state index contributed by atoms with van der Waals surface area (Å²) >= 11 is 0. The molecule has 0 unspecified atom stereocenters. The van der Waals surface area contributed by atoms with Crippen LogP contribution in [-0.4, -0.2) is 24.0 Å². The largest absolute Gasteiger partial charge is 0.295 e. The van der Waals surface area contributed by atoms with Gasteiger partial charge in [0.05, 0.1) is 11.7 Å². The maximum absolute atomic E-state index is 12.7. The van der Waals surface area contributed by atoms with Gasteiger partial charge < -0.3 is 0 Å². The van der Waals surface area contributed by atoms with Crippen molar-refractivity contribution in [2.75, 3.05) is 4.72 Å². The third-order valence-corrected chi connectivity index (χ3v) is 5.87. The van der Waals surface area contributed by atoms with Gasteiger partial charge in [-0.15, -0.1) is 0 Å². The minimum atomic E-state index is -3.74. The van der Waals surface area contributed by atoms with E-state index in [2.05, 4.69) is 9.82 Å². The van der Waals surface area contributed by atoms with Gasteiger partial charge in [-0.1, -0.05) is 25.0 Å². The van der Waals surface area contributed by atoms with Crippen molar-refractivity contribution >= 4 is 21.5 Å². The van der Waals surface area contributed by atoms with Crippen molar-refractivity contribution in [2.24, 2.45) is 0 Å². The van der Waals surface area contributed by atoms with E-state index in [4.69, 9.17) is 0 Å². The summed E-state index contributed by atoms with van der Waals surface area (Å²) in [5, 5.41) is 4.39. The number of ketones is 1. The Morgan fingerprint density at radius 1 is 1.29 bits per heavy atom. The normalized spacial score (nSPS) is 15.6. The van der Waals surface area contributed by atoms with E-state index in [0.29, 0.717) is 16.9 Å². The lowest BCUT2D eigenvalue weighted by Crippen LogP contribution is -2.14. The number of nitrogens with one attached hydrogen (secondary N) is 1. The number of sulfonamides is 1. The number of carbonyl (C=O) groups excluding carboxylic acids is 1. The number of rotatable bonds is 5. The zero-order valence-corrected chi connectivity index (χ0v) is 14.6. The number of hydrogen-bond donors (Lipinski definition) is 1. The van der Waals surface area contributed by atoms with Crippen LogP contribution >= 0.6 is 0 Å². The van der Waals surface area contributed by atoms with E-state index in [-0.39, 0.29) is 16.7 Å². The van der Waals surface area contributed by atoms with Crippen LogP contribution in [0.15, 0.2) is 35.4 Å². The molecule has 6 nitrogen and oxygen atoms in total. The van der Waals surface area contributed by atoms with E-state index in [9.17, 15) is 13.2 Å². The molecule has 1 aromatic carbocycles. The summed E-state index contributed by atoms with van der Waals surface area (Å²) < 4.78 is 29.7. The third-order valence-electron chi connectivity index (χ3n) is 4.38. The molecule has 0 aliphatic heterocycles. The van der Waals surface area contributed by atoms with Gasteiger partial charge in [0.25, 0.3) is 10.0 Å². The maximum Gasteiger partial charge on any atom is 0.265 e. The van der Waals surface area contributed by atoms with Gasteiger partial charge in [0.1, 0.15) is 4.90 Å². The van der Waals surface area contributed by atoms with Crippen molar-refractivity contribution < 1.29 is 13.2 Å². The van der Waals surface area contributed by atoms with Gasteiger partial charge in [-0.2, -0.15) is 5.10 Å². The molecule has 0 spiro atoms. The Morgan fingerprint density at radius 2 is 2.00 bits per heavy atom. The number of Topliss-reactive ketones (excluding diaryl/α,β-unsaturated/α-hetero) is 1. The van der Waals surface area contributed by atoms with Crippen molar-refractivity contribution in [1.82, 2.24) is 9.78 Å². The zero-order valence-electron chi connectivity index (χ0n) is 13.8. The van der Waals surface area contributed by atoms with E-state index >= 15 is 0 Å². The van der Waals surface area contributed by atoms with Crippen LogP contribution in [0, 0.1) is 6.92 Å². The molecule has 2 aromatic rings. The molecular weight excluding hydrogens is 326 g/mol. The van der Waals surface area contributed by atoms with Gasteiger partial charge in [0.2, 0.25) is 0 Å². The van der Waals surface area contributed by atoms with Crippen molar-refractivity contribution in [3.63, 3.8) is 0 Å². The number of nitrogens with zero attached hydrogens (tertiary/aromatic N) is 2. The van der Waals surface area contributed by atoms with E-state index in [1.54, 1.807) is 36.0 Å². The molecule has 0 atom stereocenters. The van der Waals surface area contributed by atoms with Crippen LogP contribution < -0.4 is 4.72 Å². The van der Waals surface area contributed by atoms with Crippen molar-refractivity contribution in [2.45, 2.75) is 50.5 Å². The van der Waals surface area contributed by atoms with E-state index in [0.717, 1.165) is 25.7 Å². The maximum atomic E-state index is 12.7. The fraction of sp³-hybridized carbons (Fsp3) is 0.412. The zero-order chi connectivity index (χ0) is 17.3. The van der Waals surface area contributed by atoms with Crippen molar-refractivity contribution in [3.05, 3.63) is 41.7 Å². The van der Waals surface area contributed by atoms with Crippen LogP contribution in [0.25, 0.3) is 0 Å². The molecule has 1 aromatic heterocycles. The summed E-state index contributed by atoms with van der Waals surface area (Å²) in [6, 6.07) is 6.76. The molecule has 1 heterocycles. The minimum absolute atomic E-state index is 0.110. The van der Waals surface area contributed by atoms with E-state index in [1.165, 1.54) is 13.0 Å². The molecule has 1 N–H and O–H groups in total. The second kappa shape index (κ2) is 6.39. The quantitative estimate of drug-likeness (QED) is 0.841. The van der Waals surface area contributed by atoms with E-state index < -0.39 is 10.0 Å². The number of benzene rings is 1. The lowest BCUT2D eigenvalue weighted by Gasteiger charge is -2.09. The summed E-state index contributed by atoms with van der Waals surface area (Å²) in [5.41, 5.74) is 1.32. The van der Waals surface area contributed by atoms with Gasteiger partial charge in [-0.25, -0.2) is 8.42 Å². The Hall–Kier alpha value is -2.15. The lowest BCUT2D eigenvalue weighted by atomic mass is 10.1. The summed E-state index contributed by atoms with van der Waals surface area (Å²) in [6.07, 6.45) is 6.00. The fourth-order valence-electron chi connectivity index (χ4n) is 3.10. The van der Waals surface area contributed by atoms with Crippen LogP contribution in [0.2, 0.25) is 0 Å². The highest BCUT2D eigenvalue weighted by Gasteiger charge is 2.24. The monoisotopic (exact) mass is 347 g/mol. The molecule has 0 radical (unpaired) electrons. The number of anilines is 1. The first kappa shape index (κ1) is 16.7. The average Bonchev–Trinajstić information content (AvgIpc) is 3.16. The average molecular weight is 347 g/mol. The smallest absolute Gasteiger partial charge is 0.265 e. The highest BCUT2D eigenvalue weighted by molar-refractivity contribution is 7.92. The highest BCUT2D eigenvalue weighted by atomic mass is 32.2. The minimum Gasteiger partial charge on any atom is -0.295 e. The third kappa shape index (κ3) is 3.36. The first-order chi connectivity index (χ1) is 11.4. The topological polar surface area (TPSA) is 81.1 Å². The lowest BCUT2D eigenvalue weighted by molar-refractivity contribution is 0.101. The summed E-state index contributed by atoms with van der Waals surface area (Å²) in [7, 11) is -3.74. The molecule has 0 saturated heterocycles. The molecular formula is C17H21N3O3S. The van der Waals surface area contributed by atoms with Crippen LogP contribution in [0.5, 0.6) is 0 Å². The Balaban J connectivity index is 1.88. The number of aromatic nitrogens is 2. The molecule has 1 saturated carbocycles. The molecule has 128 valence electrons. The summed E-state index contributed by atoms with van der Waals surface area (Å²) in [5.74, 6) is -0.110. The highest BCUT2D eigenvalue weighted by Crippen LogP contribution is 2.30. The van der Waals surface area contributed by atoms with E-state index in [1.807, 2.05) is 0 Å². The molecule has 1 fully saturated rings. The van der Waals surface area contributed by atoms with Crippen LogP contribution in [-0.2, 0) is 10.0 Å². The molecule has 1 aliphatic rings. The van der Waals surface area contributed by atoms with Gasteiger partial charge in [0.15, 0.2) is 5.78 Å². The van der Waals surface area contributed by atoms with Gasteiger partial charge in [0, 0.05) is 17.4 Å². The first-order valence-corrected chi connectivity index (χ1v) is 9.55. The molecule has 24 heavy (non-hydrogen) atoms. The number of carbonyl (C=O) groups is 1. The van der Waals surface area contributed by atoms with Crippen LogP contribution in [0.1, 0.15) is 54.7 Å². The van der Waals surface area contributed by atoms with Crippen LogP contribution in [0.3, 0.4) is 0 Å². The van der Waals surface area contributed by atoms with Crippen molar-refractivity contribution in [1.29, 1.82) is 0 Å². The SMILES string of the molecule is CC(=O)c1cccc(NS(=O)(=O)c2cn(C3CCCC3)nc2C)c1. The van der Waals surface area contributed by atoms with Crippen LogP contribution in [0.4, 0.5) is 5.69 Å². The van der Waals surface area contributed by atoms with Gasteiger partial charge >= 0.3 is 0 Å². The Labute approximate surface area is 141 Å². The van der Waals surface area contributed by atoms with Gasteiger partial charge in [-0.05, 0) is 38.8 Å². The predicted octanol–water partition coefficient (Wildman–Crippen LogP) is 3.31. The second-order valence-corrected chi connectivity index (χ2v) is 7.89. The first-order valence-electron chi connectivity index (χ1n) is 8.06. The number of hydrogen-bond acceptors (Lipinski definition) is 4. The Kier molecular flexibility index (Phi) is 4.45.